The number of aromatic nitrogens is 3. The molecule has 0 radical (unpaired) electrons. The predicted molar refractivity (Wildman–Crippen MR) is 303 cm³/mol. The van der Waals surface area contributed by atoms with Crippen molar-refractivity contribution in [3.05, 3.63) is 232 Å². The molecule has 0 saturated heterocycles. The highest BCUT2D eigenvalue weighted by atomic mass is 15.0. The van der Waals surface area contributed by atoms with Crippen molar-refractivity contribution >= 4 is 43.6 Å². The fourth-order valence-electron chi connectivity index (χ4n) is 10.9. The summed E-state index contributed by atoms with van der Waals surface area (Å²) in [6.07, 6.45) is 1.68. The van der Waals surface area contributed by atoms with Gasteiger partial charge in [-0.25, -0.2) is 0 Å². The Bertz CT molecular complexity index is 4880. The summed E-state index contributed by atoms with van der Waals surface area (Å²) < 4.78 is 4.17. The van der Waals surface area contributed by atoms with E-state index in [0.717, 1.165) is 65.9 Å². The molecule has 362 valence electrons. The van der Waals surface area contributed by atoms with Crippen LogP contribution in [-0.4, -0.2) is 14.1 Å². The summed E-state index contributed by atoms with van der Waals surface area (Å²) in [5, 5.41) is 94.2. The lowest BCUT2D eigenvalue weighted by Crippen LogP contribution is -2.04. The Morgan fingerprint density at radius 3 is 0.938 bits per heavy atom. The lowest BCUT2D eigenvalue weighted by Gasteiger charge is -2.19. The number of fused-ring (bicyclic) bond motifs is 6. The molecule has 0 spiro atoms. The molecule has 0 aliphatic carbocycles. The van der Waals surface area contributed by atoms with Crippen LogP contribution < -0.4 is 0 Å². The Labute approximate surface area is 456 Å². The highest BCUT2D eigenvalue weighted by Gasteiger charge is 2.25. The van der Waals surface area contributed by atoms with Crippen LogP contribution in [0.4, 0.5) is 0 Å². The number of nitriles is 9. The Hall–Kier alpha value is -12.9. The first kappa shape index (κ1) is 48.1. The minimum absolute atomic E-state index is 0.329. The van der Waals surface area contributed by atoms with Gasteiger partial charge in [-0.2, -0.15) is 47.4 Å². The molecule has 0 aliphatic rings. The Kier molecular flexibility index (Phi) is 11.7. The number of pyridine rings is 1. The van der Waals surface area contributed by atoms with Crippen molar-refractivity contribution in [2.24, 2.45) is 0 Å². The summed E-state index contributed by atoms with van der Waals surface area (Å²) in [4.78, 5) is 5.12. The smallest absolute Gasteiger partial charge is 0.0999 e. The first-order valence-electron chi connectivity index (χ1n) is 24.7. The van der Waals surface area contributed by atoms with Gasteiger partial charge in [-0.1, -0.05) is 54.6 Å². The van der Waals surface area contributed by atoms with Crippen LogP contribution in [0.1, 0.15) is 50.1 Å². The van der Waals surface area contributed by atoms with Crippen molar-refractivity contribution in [3.63, 3.8) is 0 Å². The summed E-state index contributed by atoms with van der Waals surface area (Å²) in [5.41, 5.74) is 13.8. The summed E-state index contributed by atoms with van der Waals surface area (Å²) in [6, 6.07) is 72.9. The molecule has 9 aromatic carbocycles. The van der Waals surface area contributed by atoms with Crippen molar-refractivity contribution < 1.29 is 0 Å². The molecule has 12 nitrogen and oxygen atoms in total. The lowest BCUT2D eigenvalue weighted by molar-refractivity contribution is 1.13. The Morgan fingerprint density at radius 2 is 0.613 bits per heavy atom. The second kappa shape index (κ2) is 19.4. The molecule has 0 atom stereocenters. The van der Waals surface area contributed by atoms with Gasteiger partial charge >= 0.3 is 0 Å². The van der Waals surface area contributed by atoms with Crippen LogP contribution in [0, 0.1) is 102 Å². The van der Waals surface area contributed by atoms with E-state index in [-0.39, 0.29) is 0 Å². The minimum atomic E-state index is 0.329. The summed E-state index contributed by atoms with van der Waals surface area (Å²) >= 11 is 0. The Balaban J connectivity index is 1.13. The number of rotatable bonds is 7. The fraction of sp³-hybridized carbons (Fsp3) is 0. The molecule has 12 heteroatoms. The largest absolute Gasteiger partial charge is 0.309 e. The maximum Gasteiger partial charge on any atom is 0.0999 e. The standard InChI is InChI=1S/C68H30N12/c69-31-40-6-14-53(49(23-40)36-74)44-10-18-61-57(27-44)58-28-45(54-15-7-41(32-70)24-50(54)37-75)11-19-62(58)79(61)65-4-1-3-48(35-73)67(65)68-66(5-2-22-78-68)80-63-20-12-46(55-16-8-42(33-71)25-51(55)38-76)29-59(63)60-30-47(13-21-64(60)80)56-17-9-43(34-72)26-52(56)39-77/h1-30H. The van der Waals surface area contributed by atoms with Gasteiger partial charge in [-0.3, -0.25) is 4.98 Å². The molecule has 80 heavy (non-hydrogen) atoms. The van der Waals surface area contributed by atoms with Crippen molar-refractivity contribution in [1.82, 2.24) is 14.1 Å². The molecule has 0 saturated carbocycles. The zero-order chi connectivity index (χ0) is 55.2. The summed E-state index contributed by atoms with van der Waals surface area (Å²) in [7, 11) is 0. The van der Waals surface area contributed by atoms with Gasteiger partial charge in [-0.05, 0) is 166 Å². The van der Waals surface area contributed by atoms with Gasteiger partial charge < -0.3 is 9.13 Å². The molecule has 0 fully saturated rings. The molecular weight excluding hydrogens is 985 g/mol. The normalized spacial score (nSPS) is 10.6. The number of benzene rings is 9. The van der Waals surface area contributed by atoms with Crippen LogP contribution in [0.15, 0.2) is 182 Å². The highest BCUT2D eigenvalue weighted by Crippen LogP contribution is 2.45. The van der Waals surface area contributed by atoms with Crippen molar-refractivity contribution in [3.8, 4) is 122 Å². The third-order valence-corrected chi connectivity index (χ3v) is 14.5. The van der Waals surface area contributed by atoms with E-state index < -0.39 is 0 Å². The lowest BCUT2D eigenvalue weighted by atomic mass is 9.95. The van der Waals surface area contributed by atoms with E-state index in [1.165, 1.54) is 0 Å². The van der Waals surface area contributed by atoms with Crippen molar-refractivity contribution in [2.45, 2.75) is 0 Å². The van der Waals surface area contributed by atoms with Gasteiger partial charge in [0.25, 0.3) is 0 Å². The average molecular weight is 1020 g/mol. The molecule has 0 N–H and O–H groups in total. The molecule has 0 unspecified atom stereocenters. The maximum absolute atomic E-state index is 11.2. The van der Waals surface area contributed by atoms with Crippen LogP contribution in [0.5, 0.6) is 0 Å². The average Bonchev–Trinajstić information content (AvgIpc) is 4.22. The van der Waals surface area contributed by atoms with Gasteiger partial charge in [0.2, 0.25) is 0 Å². The fourth-order valence-corrected chi connectivity index (χ4v) is 10.9. The van der Waals surface area contributed by atoms with Crippen molar-refractivity contribution in [2.75, 3.05) is 0 Å². The van der Waals surface area contributed by atoms with Crippen LogP contribution in [0.3, 0.4) is 0 Å². The number of hydrogen-bond donors (Lipinski definition) is 0. The predicted octanol–water partition coefficient (Wildman–Crippen LogP) is 14.5. The van der Waals surface area contributed by atoms with E-state index in [4.69, 9.17) is 4.98 Å². The van der Waals surface area contributed by atoms with Gasteiger partial charge in [0.05, 0.1) is 144 Å². The van der Waals surface area contributed by atoms with Crippen LogP contribution in [0.2, 0.25) is 0 Å². The third-order valence-electron chi connectivity index (χ3n) is 14.5. The van der Waals surface area contributed by atoms with Gasteiger partial charge in [0.15, 0.2) is 0 Å². The van der Waals surface area contributed by atoms with Crippen molar-refractivity contribution in [1.29, 1.82) is 47.4 Å². The summed E-state index contributed by atoms with van der Waals surface area (Å²) in [5.74, 6) is 0. The zero-order valence-corrected chi connectivity index (χ0v) is 41.7. The van der Waals surface area contributed by atoms with E-state index in [1.807, 2.05) is 97.1 Å². The van der Waals surface area contributed by atoms with Crippen LogP contribution in [0.25, 0.3) is 111 Å². The van der Waals surface area contributed by atoms with Gasteiger partial charge in [-0.15, -0.1) is 0 Å². The van der Waals surface area contributed by atoms with Gasteiger partial charge in [0, 0.05) is 33.3 Å². The zero-order valence-electron chi connectivity index (χ0n) is 41.7. The SMILES string of the molecule is N#Cc1ccc(-c2ccc3c(c2)c2cc(-c4ccc(C#N)cc4C#N)ccc2n3-c2cccnc2-c2c(C#N)cccc2-n2c3ccc(-c4ccc(C#N)cc4C#N)cc3c3cc(-c4ccc(C#N)cc4C#N)ccc32)c(C#N)c1. The highest BCUT2D eigenvalue weighted by molar-refractivity contribution is 6.14. The maximum atomic E-state index is 11.2. The first-order chi connectivity index (χ1) is 39.2. The minimum Gasteiger partial charge on any atom is -0.309 e. The van der Waals surface area contributed by atoms with E-state index in [1.54, 1.807) is 85.1 Å². The number of hydrogen-bond acceptors (Lipinski definition) is 10. The van der Waals surface area contributed by atoms with E-state index in [0.29, 0.717) is 95.0 Å². The molecule has 3 heterocycles. The molecule has 0 amide bonds. The Morgan fingerprint density at radius 1 is 0.287 bits per heavy atom. The first-order valence-corrected chi connectivity index (χ1v) is 24.7. The second-order valence-electron chi connectivity index (χ2n) is 18.7. The van der Waals surface area contributed by atoms with Gasteiger partial charge in [0.1, 0.15) is 0 Å². The molecule has 3 aromatic heterocycles. The second-order valence-corrected chi connectivity index (χ2v) is 18.7. The number of nitrogens with zero attached hydrogens (tertiary/aromatic N) is 12. The molecule has 0 aliphatic heterocycles. The molecular formula is C68H30N12. The topological polar surface area (TPSA) is 237 Å². The van der Waals surface area contributed by atoms with E-state index in [2.05, 4.69) is 63.8 Å². The van der Waals surface area contributed by atoms with E-state index >= 15 is 0 Å². The van der Waals surface area contributed by atoms with Crippen LogP contribution in [-0.2, 0) is 0 Å². The third kappa shape index (κ3) is 7.73. The molecule has 12 rings (SSSR count). The van der Waals surface area contributed by atoms with Crippen LogP contribution >= 0.6 is 0 Å². The van der Waals surface area contributed by atoms with E-state index in [9.17, 15) is 47.4 Å². The summed E-state index contributed by atoms with van der Waals surface area (Å²) in [6.45, 7) is 0. The molecule has 12 aromatic rings. The quantitative estimate of drug-likeness (QED) is 0.146. The molecule has 0 bridgehead atoms. The monoisotopic (exact) mass is 1010 g/mol.